The van der Waals surface area contributed by atoms with Crippen molar-refractivity contribution in [2.24, 2.45) is 0 Å². The number of methoxy groups -OCH3 is 1. The van der Waals surface area contributed by atoms with Crippen molar-refractivity contribution >= 4 is 5.97 Å². The van der Waals surface area contributed by atoms with Gasteiger partial charge in [0, 0.05) is 6.54 Å². The van der Waals surface area contributed by atoms with E-state index in [-0.39, 0.29) is 11.5 Å². The Kier molecular flexibility index (Phi) is 4.61. The largest absolute Gasteiger partial charge is 0.468 e. The van der Waals surface area contributed by atoms with Crippen molar-refractivity contribution in [3.63, 3.8) is 0 Å². The molecule has 0 fully saturated rings. The van der Waals surface area contributed by atoms with Gasteiger partial charge in [-0.1, -0.05) is 0 Å². The van der Waals surface area contributed by atoms with Gasteiger partial charge in [0.1, 0.15) is 11.9 Å². The van der Waals surface area contributed by atoms with Crippen molar-refractivity contribution in [1.29, 1.82) is 5.26 Å². The van der Waals surface area contributed by atoms with Gasteiger partial charge in [-0.3, -0.25) is 4.79 Å². The molecule has 0 aliphatic carbocycles. The minimum absolute atomic E-state index is 0.257. The number of esters is 1. The van der Waals surface area contributed by atoms with Crippen molar-refractivity contribution in [2.45, 2.75) is 19.5 Å². The number of carbonyl (C=O) groups excluding carboxylic acids is 1. The van der Waals surface area contributed by atoms with Crippen LogP contribution in [-0.4, -0.2) is 19.1 Å². The Morgan fingerprint density at radius 3 is 2.88 bits per heavy atom. The lowest BCUT2D eigenvalue weighted by atomic mass is 10.1. The number of benzene rings is 1. The van der Waals surface area contributed by atoms with E-state index in [1.54, 1.807) is 13.0 Å². The number of rotatable bonds is 4. The van der Waals surface area contributed by atoms with E-state index in [1.807, 2.05) is 6.07 Å². The van der Waals surface area contributed by atoms with Gasteiger partial charge >= 0.3 is 5.97 Å². The third kappa shape index (κ3) is 3.85. The molecule has 0 spiro atoms. The van der Waals surface area contributed by atoms with Crippen LogP contribution in [0.5, 0.6) is 0 Å². The Balaban J connectivity index is 2.67. The first-order chi connectivity index (χ1) is 8.06. The number of hydrogen-bond donors (Lipinski definition) is 1. The smallest absolute Gasteiger partial charge is 0.322 e. The molecule has 1 rings (SSSR count). The second-order valence-corrected chi connectivity index (χ2v) is 3.59. The molecule has 1 atom stereocenters. The summed E-state index contributed by atoms with van der Waals surface area (Å²) in [5.41, 5.74) is 0.866. The number of hydrogen-bond acceptors (Lipinski definition) is 4. The highest BCUT2D eigenvalue weighted by molar-refractivity contribution is 5.75. The van der Waals surface area contributed by atoms with E-state index < -0.39 is 11.9 Å². The average molecular weight is 236 g/mol. The van der Waals surface area contributed by atoms with Crippen LogP contribution in [0, 0.1) is 17.1 Å². The third-order valence-electron chi connectivity index (χ3n) is 2.25. The van der Waals surface area contributed by atoms with Crippen molar-refractivity contribution in [3.05, 3.63) is 35.1 Å². The fraction of sp³-hybridized carbons (Fsp3) is 0.333. The number of nitrogens with one attached hydrogen (secondary N) is 1. The van der Waals surface area contributed by atoms with Crippen LogP contribution in [0.2, 0.25) is 0 Å². The van der Waals surface area contributed by atoms with E-state index in [2.05, 4.69) is 10.1 Å². The molecule has 0 amide bonds. The lowest BCUT2D eigenvalue weighted by Crippen LogP contribution is -2.34. The van der Waals surface area contributed by atoms with Gasteiger partial charge in [-0.05, 0) is 30.7 Å². The van der Waals surface area contributed by atoms with Gasteiger partial charge in [0.25, 0.3) is 0 Å². The SMILES string of the molecule is COC(=O)C(C)NCc1cc(F)cc(C#N)c1. The van der Waals surface area contributed by atoms with Gasteiger partial charge in [-0.15, -0.1) is 0 Å². The quantitative estimate of drug-likeness (QED) is 0.801. The molecule has 0 aliphatic rings. The van der Waals surface area contributed by atoms with Crippen LogP contribution in [0.1, 0.15) is 18.1 Å². The molecule has 0 aromatic heterocycles. The predicted octanol–water partition coefficient (Wildman–Crippen LogP) is 1.35. The second kappa shape index (κ2) is 5.97. The summed E-state index contributed by atoms with van der Waals surface area (Å²) in [6.45, 7) is 1.94. The Labute approximate surface area is 99.0 Å². The van der Waals surface area contributed by atoms with Gasteiger partial charge in [-0.2, -0.15) is 5.26 Å². The third-order valence-corrected chi connectivity index (χ3v) is 2.25. The number of ether oxygens (including phenoxy) is 1. The molecule has 0 saturated heterocycles. The predicted molar refractivity (Wildman–Crippen MR) is 59.4 cm³/mol. The maximum atomic E-state index is 13.1. The molecule has 5 heteroatoms. The highest BCUT2D eigenvalue weighted by Crippen LogP contribution is 2.08. The van der Waals surface area contributed by atoms with Crippen molar-refractivity contribution in [1.82, 2.24) is 5.32 Å². The van der Waals surface area contributed by atoms with Crippen LogP contribution in [-0.2, 0) is 16.1 Å². The second-order valence-electron chi connectivity index (χ2n) is 3.59. The summed E-state index contributed by atoms with van der Waals surface area (Å²) in [5.74, 6) is -0.853. The molecule has 4 nitrogen and oxygen atoms in total. The Bertz CT molecular complexity index is 454. The van der Waals surface area contributed by atoms with Crippen LogP contribution in [0.15, 0.2) is 18.2 Å². The molecule has 0 radical (unpaired) electrons. The lowest BCUT2D eigenvalue weighted by Gasteiger charge is -2.11. The highest BCUT2D eigenvalue weighted by Gasteiger charge is 2.12. The fourth-order valence-corrected chi connectivity index (χ4v) is 1.35. The summed E-state index contributed by atoms with van der Waals surface area (Å²) in [7, 11) is 1.30. The Morgan fingerprint density at radius 1 is 1.59 bits per heavy atom. The lowest BCUT2D eigenvalue weighted by molar-refractivity contribution is -0.142. The van der Waals surface area contributed by atoms with Gasteiger partial charge in [0.05, 0.1) is 18.7 Å². The maximum Gasteiger partial charge on any atom is 0.322 e. The Morgan fingerprint density at radius 2 is 2.29 bits per heavy atom. The van der Waals surface area contributed by atoms with E-state index in [0.29, 0.717) is 12.1 Å². The summed E-state index contributed by atoms with van der Waals surface area (Å²) in [6.07, 6.45) is 0. The molecule has 1 aromatic carbocycles. The highest BCUT2D eigenvalue weighted by atomic mass is 19.1. The van der Waals surface area contributed by atoms with Crippen LogP contribution < -0.4 is 5.32 Å². The maximum absolute atomic E-state index is 13.1. The molecule has 17 heavy (non-hydrogen) atoms. The molecule has 90 valence electrons. The molecule has 0 bridgehead atoms. The fourth-order valence-electron chi connectivity index (χ4n) is 1.35. The number of nitrogens with zero attached hydrogens (tertiary/aromatic N) is 1. The van der Waals surface area contributed by atoms with Crippen molar-refractivity contribution < 1.29 is 13.9 Å². The zero-order valence-electron chi connectivity index (χ0n) is 9.66. The van der Waals surface area contributed by atoms with Gasteiger partial charge in [0.2, 0.25) is 0 Å². The molecule has 0 aliphatic heterocycles. The molecule has 1 unspecified atom stereocenters. The monoisotopic (exact) mass is 236 g/mol. The topological polar surface area (TPSA) is 62.1 Å². The first kappa shape index (κ1) is 13.1. The molecular weight excluding hydrogens is 223 g/mol. The number of carbonyl (C=O) groups is 1. The molecule has 0 saturated carbocycles. The zero-order chi connectivity index (χ0) is 12.8. The van der Waals surface area contributed by atoms with Gasteiger partial charge < -0.3 is 10.1 Å². The van der Waals surface area contributed by atoms with Gasteiger partial charge in [-0.25, -0.2) is 4.39 Å². The number of nitriles is 1. The summed E-state index contributed by atoms with van der Waals surface area (Å²) < 4.78 is 17.6. The minimum Gasteiger partial charge on any atom is -0.468 e. The summed E-state index contributed by atoms with van der Waals surface area (Å²) in [4.78, 5) is 11.1. The van der Waals surface area contributed by atoms with Crippen LogP contribution in [0.3, 0.4) is 0 Å². The van der Waals surface area contributed by atoms with E-state index >= 15 is 0 Å². The normalized spacial score (nSPS) is 11.6. The van der Waals surface area contributed by atoms with Crippen molar-refractivity contribution in [2.75, 3.05) is 7.11 Å². The first-order valence-corrected chi connectivity index (χ1v) is 5.07. The molecule has 1 aromatic rings. The zero-order valence-corrected chi connectivity index (χ0v) is 9.66. The summed E-state index contributed by atoms with van der Waals surface area (Å²) in [5, 5.41) is 11.6. The molecular formula is C12H13FN2O2. The molecule has 0 heterocycles. The van der Waals surface area contributed by atoms with Crippen molar-refractivity contribution in [3.8, 4) is 6.07 Å². The summed E-state index contributed by atoms with van der Waals surface area (Å²) in [6, 6.07) is 5.44. The Hall–Kier alpha value is -1.93. The van der Waals surface area contributed by atoms with Crippen LogP contribution >= 0.6 is 0 Å². The number of halogens is 1. The van der Waals surface area contributed by atoms with E-state index in [9.17, 15) is 9.18 Å². The van der Waals surface area contributed by atoms with Gasteiger partial charge in [0.15, 0.2) is 0 Å². The average Bonchev–Trinajstić information content (AvgIpc) is 2.34. The van der Waals surface area contributed by atoms with E-state index in [0.717, 1.165) is 6.07 Å². The van der Waals surface area contributed by atoms with Crippen LogP contribution in [0.25, 0.3) is 0 Å². The molecule has 1 N–H and O–H groups in total. The minimum atomic E-state index is -0.478. The van der Waals surface area contributed by atoms with Crippen LogP contribution in [0.4, 0.5) is 4.39 Å². The summed E-state index contributed by atoms with van der Waals surface area (Å²) >= 11 is 0. The van der Waals surface area contributed by atoms with E-state index in [4.69, 9.17) is 5.26 Å². The van der Waals surface area contributed by atoms with E-state index in [1.165, 1.54) is 13.2 Å². The standard InChI is InChI=1S/C12H13FN2O2/c1-8(12(16)17-2)15-7-10-3-9(6-14)4-11(13)5-10/h3-5,8,15H,7H2,1-2H3. The first-order valence-electron chi connectivity index (χ1n) is 5.07.